The normalized spacial score (nSPS) is 17.5. The van der Waals surface area contributed by atoms with E-state index < -0.39 is 23.5 Å². The van der Waals surface area contributed by atoms with Crippen LogP contribution in [0.25, 0.3) is 16.9 Å². The van der Waals surface area contributed by atoms with Crippen molar-refractivity contribution in [2.45, 2.75) is 63.8 Å². The number of aromatic nitrogens is 4. The number of hydrogen-bond donors (Lipinski definition) is 3. The van der Waals surface area contributed by atoms with Gasteiger partial charge in [-0.05, 0) is 45.6 Å². The predicted octanol–water partition coefficient (Wildman–Crippen LogP) is 3.05. The quantitative estimate of drug-likeness (QED) is 0.422. The summed E-state index contributed by atoms with van der Waals surface area (Å²) >= 11 is 0. The maximum atomic E-state index is 15.0. The van der Waals surface area contributed by atoms with Crippen molar-refractivity contribution in [2.24, 2.45) is 5.73 Å². The van der Waals surface area contributed by atoms with Crippen LogP contribution in [0.15, 0.2) is 24.7 Å². The molecule has 1 saturated heterocycles. The third-order valence-corrected chi connectivity index (χ3v) is 6.21. The second-order valence-corrected chi connectivity index (χ2v) is 9.33. The number of primary amides is 1. The highest BCUT2D eigenvalue weighted by molar-refractivity contribution is 5.98. The number of nitrogens with zero attached hydrogens (tertiary/aromatic N) is 4. The van der Waals surface area contributed by atoms with Gasteiger partial charge in [0.2, 0.25) is 0 Å². The van der Waals surface area contributed by atoms with E-state index in [4.69, 9.17) is 10.5 Å². The van der Waals surface area contributed by atoms with Gasteiger partial charge in [0.25, 0.3) is 5.91 Å². The molecule has 4 rings (SSSR count). The summed E-state index contributed by atoms with van der Waals surface area (Å²) in [4.78, 5) is 20.3. The molecule has 0 saturated carbocycles. The van der Waals surface area contributed by atoms with Gasteiger partial charge in [-0.25, -0.2) is 13.8 Å². The molecule has 0 bridgehead atoms. The van der Waals surface area contributed by atoms with Crippen LogP contribution in [0.3, 0.4) is 0 Å². The van der Waals surface area contributed by atoms with E-state index in [0.717, 1.165) is 32.1 Å². The Morgan fingerprint density at radius 2 is 2.20 bits per heavy atom. The molecular weight excluding hydrogens is 458 g/mol. The van der Waals surface area contributed by atoms with E-state index in [1.54, 1.807) is 0 Å². The largest absolute Gasteiger partial charge is 0.387 e. The number of alkyl halides is 1. The van der Waals surface area contributed by atoms with E-state index in [1.165, 1.54) is 36.8 Å². The van der Waals surface area contributed by atoms with Crippen LogP contribution in [-0.4, -0.2) is 61.6 Å². The molecule has 0 aromatic carbocycles. The molecule has 0 spiro atoms. The molecule has 9 nitrogen and oxygen atoms in total. The first-order chi connectivity index (χ1) is 16.7. The van der Waals surface area contributed by atoms with Gasteiger partial charge in [0.1, 0.15) is 17.7 Å². The number of halogens is 2. The number of rotatable bonds is 9. The lowest BCUT2D eigenvalue weighted by Gasteiger charge is -2.23. The average molecular weight is 489 g/mol. The molecule has 0 radical (unpaired) electrons. The number of carbonyl (C=O) groups excluding carboxylic acids is 1. The van der Waals surface area contributed by atoms with E-state index in [0.29, 0.717) is 18.5 Å². The lowest BCUT2D eigenvalue weighted by molar-refractivity contribution is -0.00243. The second-order valence-electron chi connectivity index (χ2n) is 9.33. The van der Waals surface area contributed by atoms with Crippen LogP contribution < -0.4 is 11.1 Å². The zero-order valence-electron chi connectivity index (χ0n) is 19.8. The number of aliphatic hydroxyl groups is 1. The number of nitrogens with two attached hydrogens (primary N) is 1. The fraction of sp³-hybridized carbons (Fsp3) is 0.500. The average Bonchev–Trinajstić information content (AvgIpc) is 3.17. The Bertz CT molecular complexity index is 1200. The molecule has 3 aromatic heterocycles. The minimum Gasteiger partial charge on any atom is -0.387 e. The topological polar surface area (TPSA) is 128 Å². The predicted molar refractivity (Wildman–Crippen MR) is 126 cm³/mol. The van der Waals surface area contributed by atoms with Gasteiger partial charge in [0, 0.05) is 43.1 Å². The molecule has 1 aliphatic heterocycles. The first-order valence-corrected chi connectivity index (χ1v) is 11.7. The molecule has 0 aliphatic carbocycles. The maximum absolute atomic E-state index is 15.0. The summed E-state index contributed by atoms with van der Waals surface area (Å²) in [7, 11) is 0. The lowest BCUT2D eigenvalue weighted by Crippen LogP contribution is -2.34. The highest BCUT2D eigenvalue weighted by Crippen LogP contribution is 2.32. The summed E-state index contributed by atoms with van der Waals surface area (Å²) in [6.07, 6.45) is 5.70. The zero-order chi connectivity index (χ0) is 25.2. The lowest BCUT2D eigenvalue weighted by atomic mass is 9.95. The second kappa shape index (κ2) is 10.2. The van der Waals surface area contributed by atoms with Crippen LogP contribution in [0.1, 0.15) is 55.5 Å². The van der Waals surface area contributed by atoms with Crippen molar-refractivity contribution < 1.29 is 23.4 Å². The van der Waals surface area contributed by atoms with Gasteiger partial charge >= 0.3 is 0 Å². The highest BCUT2D eigenvalue weighted by atomic mass is 19.1. The third-order valence-electron chi connectivity index (χ3n) is 6.21. The zero-order valence-corrected chi connectivity index (χ0v) is 19.8. The fourth-order valence-electron chi connectivity index (χ4n) is 4.17. The Hall–Kier alpha value is -3.18. The Morgan fingerprint density at radius 1 is 1.40 bits per heavy atom. The van der Waals surface area contributed by atoms with Crippen molar-refractivity contribution in [1.82, 2.24) is 19.6 Å². The molecule has 11 heteroatoms. The fourth-order valence-corrected chi connectivity index (χ4v) is 4.17. The van der Waals surface area contributed by atoms with Gasteiger partial charge in [-0.3, -0.25) is 9.78 Å². The first-order valence-electron chi connectivity index (χ1n) is 11.7. The standard InChI is InChI=1S/C24H30F2N6O3/c1-24(2,34)19(26)11-16-20(15-7-8-28-13-18(15)25)31-32-22(16)30-12-17(21(27)33)23(32)29-9-6-14-5-3-4-10-35-14/h7-8,12-14,19,29,34H,3-6,9-11H2,1-2H3,(H2,27,33)/t14?,19-/m1/s1. The van der Waals surface area contributed by atoms with Gasteiger partial charge in [-0.1, -0.05) is 0 Å². The third kappa shape index (κ3) is 5.40. The van der Waals surface area contributed by atoms with E-state index in [2.05, 4.69) is 20.4 Å². The monoisotopic (exact) mass is 488 g/mol. The molecule has 4 N–H and O–H groups in total. The van der Waals surface area contributed by atoms with E-state index in [-0.39, 0.29) is 40.8 Å². The molecule has 1 amide bonds. The van der Waals surface area contributed by atoms with Gasteiger partial charge in [0.15, 0.2) is 11.5 Å². The number of carbonyl (C=O) groups is 1. The number of anilines is 1. The van der Waals surface area contributed by atoms with Crippen molar-refractivity contribution in [3.63, 3.8) is 0 Å². The number of hydrogen-bond acceptors (Lipinski definition) is 7. The van der Waals surface area contributed by atoms with Crippen LogP contribution in [-0.2, 0) is 11.2 Å². The molecule has 4 heterocycles. The van der Waals surface area contributed by atoms with Crippen molar-refractivity contribution in [2.75, 3.05) is 18.5 Å². The SMILES string of the molecule is CC(C)(O)[C@H](F)Cc1c(-c2ccncc2F)nn2c(NCCC3CCCCO3)c(C(N)=O)cnc12. The van der Waals surface area contributed by atoms with Crippen LogP contribution in [0.5, 0.6) is 0 Å². The number of amides is 1. The minimum absolute atomic E-state index is 0.0946. The van der Waals surface area contributed by atoms with Crippen LogP contribution >= 0.6 is 0 Å². The number of pyridine rings is 1. The van der Waals surface area contributed by atoms with Gasteiger partial charge in [-0.15, -0.1) is 0 Å². The van der Waals surface area contributed by atoms with Gasteiger partial charge in [0.05, 0.1) is 23.5 Å². The van der Waals surface area contributed by atoms with E-state index >= 15 is 0 Å². The van der Waals surface area contributed by atoms with Crippen molar-refractivity contribution in [1.29, 1.82) is 0 Å². The van der Waals surface area contributed by atoms with Crippen molar-refractivity contribution >= 4 is 17.4 Å². The molecule has 1 unspecified atom stereocenters. The molecule has 1 aliphatic rings. The number of ether oxygens (including phenoxy) is 1. The summed E-state index contributed by atoms with van der Waals surface area (Å²) in [6.45, 7) is 3.91. The van der Waals surface area contributed by atoms with E-state index in [9.17, 15) is 18.7 Å². The van der Waals surface area contributed by atoms with Crippen LogP contribution in [0.4, 0.5) is 14.6 Å². The number of fused-ring (bicyclic) bond motifs is 1. The molecule has 35 heavy (non-hydrogen) atoms. The summed E-state index contributed by atoms with van der Waals surface area (Å²) in [6, 6.07) is 1.43. The highest BCUT2D eigenvalue weighted by Gasteiger charge is 2.31. The van der Waals surface area contributed by atoms with Gasteiger partial charge < -0.3 is 20.9 Å². The van der Waals surface area contributed by atoms with Crippen molar-refractivity contribution in [3.8, 4) is 11.3 Å². The Labute approximate surface area is 201 Å². The molecule has 1 fully saturated rings. The van der Waals surface area contributed by atoms with E-state index in [1.807, 2.05) is 0 Å². The first kappa shape index (κ1) is 24.9. The number of nitrogens with one attached hydrogen (secondary N) is 1. The van der Waals surface area contributed by atoms with Crippen molar-refractivity contribution in [3.05, 3.63) is 41.6 Å². The summed E-state index contributed by atoms with van der Waals surface area (Å²) in [5, 5.41) is 17.9. The molecular formula is C24H30F2N6O3. The Kier molecular flexibility index (Phi) is 7.27. The summed E-state index contributed by atoms with van der Waals surface area (Å²) in [5.74, 6) is -1.08. The summed E-state index contributed by atoms with van der Waals surface area (Å²) < 4.78 is 36.8. The van der Waals surface area contributed by atoms with Gasteiger partial charge in [-0.2, -0.15) is 9.61 Å². The smallest absolute Gasteiger partial charge is 0.254 e. The van der Waals surface area contributed by atoms with Crippen LogP contribution in [0.2, 0.25) is 0 Å². The van der Waals surface area contributed by atoms with Crippen LogP contribution in [0, 0.1) is 5.82 Å². The Morgan fingerprint density at radius 3 is 2.86 bits per heavy atom. The summed E-state index contributed by atoms with van der Waals surface area (Å²) in [5.41, 5.74) is 4.81. The molecule has 188 valence electrons. The molecule has 3 aromatic rings. The molecule has 2 atom stereocenters. The minimum atomic E-state index is -1.68. The Balaban J connectivity index is 1.80. The maximum Gasteiger partial charge on any atom is 0.254 e.